The number of pyridine rings is 1. The minimum Gasteiger partial charge on any atom is -0.201 e. The molecule has 0 amide bonds. The first-order valence-electron chi connectivity index (χ1n) is 12.0. The van der Waals surface area contributed by atoms with Crippen LogP contribution in [0.2, 0.25) is 0 Å². The van der Waals surface area contributed by atoms with Crippen LogP contribution in [0.3, 0.4) is 0 Å². The highest BCUT2D eigenvalue weighted by Crippen LogP contribution is 2.46. The lowest BCUT2D eigenvalue weighted by molar-refractivity contribution is -0.660. The standard InChI is InChI=1S/C33H24NS/c1-21-17-18-28-26-14-9-15-27(32(26)35-33(28)31(21)30-16-7-8-19-34(30)2)29-20-22-10-3-4-11-23(22)24-12-5-6-13-25(24)29/h3-20H,1-2H3/q+1. The molecule has 7 rings (SSSR count). The molecule has 0 saturated heterocycles. The normalized spacial score (nSPS) is 11.7. The third-order valence-electron chi connectivity index (χ3n) is 7.24. The maximum Gasteiger partial charge on any atom is 0.213 e. The molecule has 0 spiro atoms. The second kappa shape index (κ2) is 7.76. The van der Waals surface area contributed by atoms with E-state index in [4.69, 9.17) is 0 Å². The van der Waals surface area contributed by atoms with Crippen molar-refractivity contribution >= 4 is 53.1 Å². The van der Waals surface area contributed by atoms with Crippen molar-refractivity contribution in [2.45, 2.75) is 6.92 Å². The topological polar surface area (TPSA) is 3.88 Å². The van der Waals surface area contributed by atoms with Crippen LogP contribution in [0.15, 0.2) is 109 Å². The highest BCUT2D eigenvalue weighted by Gasteiger charge is 2.20. The van der Waals surface area contributed by atoms with E-state index in [9.17, 15) is 0 Å². The number of nitrogens with zero attached hydrogens (tertiary/aromatic N) is 1. The molecule has 2 heterocycles. The summed E-state index contributed by atoms with van der Waals surface area (Å²) < 4.78 is 4.94. The van der Waals surface area contributed by atoms with Gasteiger partial charge in [0.25, 0.3) is 0 Å². The van der Waals surface area contributed by atoms with Crippen molar-refractivity contribution in [1.29, 1.82) is 0 Å². The molecule has 0 atom stereocenters. The van der Waals surface area contributed by atoms with Crippen LogP contribution >= 0.6 is 11.3 Å². The summed E-state index contributed by atoms with van der Waals surface area (Å²) in [6.45, 7) is 2.23. The Balaban J connectivity index is 1.60. The Labute approximate surface area is 208 Å². The van der Waals surface area contributed by atoms with Gasteiger partial charge in [-0.25, -0.2) is 4.57 Å². The zero-order valence-corrected chi connectivity index (χ0v) is 20.6. The Kier molecular flexibility index (Phi) is 4.52. The van der Waals surface area contributed by atoms with Gasteiger partial charge in [0.1, 0.15) is 7.05 Å². The van der Waals surface area contributed by atoms with E-state index in [1.807, 2.05) is 11.3 Å². The molecule has 0 N–H and O–H groups in total. The predicted octanol–water partition coefficient (Wildman–Crippen LogP) is 8.83. The minimum absolute atomic E-state index is 1.25. The van der Waals surface area contributed by atoms with Crippen LogP contribution in [0.4, 0.5) is 0 Å². The number of aromatic nitrogens is 1. The van der Waals surface area contributed by atoms with Crippen LogP contribution in [-0.2, 0) is 7.05 Å². The molecule has 35 heavy (non-hydrogen) atoms. The summed E-state index contributed by atoms with van der Waals surface area (Å²) in [5.74, 6) is 0. The molecule has 0 saturated carbocycles. The predicted molar refractivity (Wildman–Crippen MR) is 151 cm³/mol. The van der Waals surface area contributed by atoms with Crippen LogP contribution in [0.25, 0.3) is 64.1 Å². The number of fused-ring (bicyclic) bond motifs is 6. The van der Waals surface area contributed by atoms with Crippen molar-refractivity contribution in [1.82, 2.24) is 0 Å². The van der Waals surface area contributed by atoms with Gasteiger partial charge in [-0.1, -0.05) is 78.9 Å². The lowest BCUT2D eigenvalue weighted by atomic mass is 9.92. The van der Waals surface area contributed by atoms with Gasteiger partial charge in [0, 0.05) is 37.9 Å². The Morgan fingerprint density at radius 2 is 1.29 bits per heavy atom. The Hall–Kier alpha value is -4.01. The number of hydrogen-bond acceptors (Lipinski definition) is 1. The quantitative estimate of drug-likeness (QED) is 0.177. The van der Waals surface area contributed by atoms with Gasteiger partial charge in [-0.3, -0.25) is 0 Å². The average Bonchev–Trinajstić information content (AvgIpc) is 3.28. The summed E-state index contributed by atoms with van der Waals surface area (Å²) in [4.78, 5) is 0. The zero-order chi connectivity index (χ0) is 23.5. The van der Waals surface area contributed by atoms with E-state index in [0.29, 0.717) is 0 Å². The highest BCUT2D eigenvalue weighted by molar-refractivity contribution is 7.26. The maximum absolute atomic E-state index is 2.38. The minimum atomic E-state index is 1.25. The van der Waals surface area contributed by atoms with Gasteiger partial charge in [0.05, 0.1) is 5.56 Å². The summed E-state index contributed by atoms with van der Waals surface area (Å²) in [6.07, 6.45) is 2.13. The molecule has 2 aromatic heterocycles. The molecule has 0 aliphatic rings. The first-order chi connectivity index (χ1) is 17.2. The molecular weight excluding hydrogens is 442 g/mol. The van der Waals surface area contributed by atoms with Crippen molar-refractivity contribution in [2.75, 3.05) is 0 Å². The molecule has 0 radical (unpaired) electrons. The number of aryl methyl sites for hydroxylation is 2. The third-order valence-corrected chi connectivity index (χ3v) is 8.52. The van der Waals surface area contributed by atoms with E-state index in [-0.39, 0.29) is 0 Å². The van der Waals surface area contributed by atoms with Gasteiger partial charge < -0.3 is 0 Å². The van der Waals surface area contributed by atoms with Crippen LogP contribution in [0.5, 0.6) is 0 Å². The number of rotatable bonds is 2. The van der Waals surface area contributed by atoms with Gasteiger partial charge in [-0.2, -0.15) is 0 Å². The van der Waals surface area contributed by atoms with Gasteiger partial charge in [-0.05, 0) is 51.7 Å². The van der Waals surface area contributed by atoms with Gasteiger partial charge in [0.2, 0.25) is 5.69 Å². The van der Waals surface area contributed by atoms with Crippen molar-refractivity contribution in [3.63, 3.8) is 0 Å². The average molecular weight is 467 g/mol. The molecule has 1 nitrogen and oxygen atoms in total. The van der Waals surface area contributed by atoms with E-state index >= 15 is 0 Å². The summed E-state index contributed by atoms with van der Waals surface area (Å²) in [7, 11) is 2.13. The first-order valence-corrected chi connectivity index (χ1v) is 12.8. The molecule has 166 valence electrons. The van der Waals surface area contributed by atoms with Crippen molar-refractivity contribution in [3.8, 4) is 22.4 Å². The van der Waals surface area contributed by atoms with Crippen LogP contribution in [0, 0.1) is 6.92 Å². The molecule has 0 aliphatic heterocycles. The summed E-state index contributed by atoms with van der Waals surface area (Å²) in [5.41, 5.74) is 6.51. The fraction of sp³-hybridized carbons (Fsp3) is 0.0606. The van der Waals surface area contributed by atoms with Crippen molar-refractivity contribution in [2.24, 2.45) is 7.05 Å². The maximum atomic E-state index is 2.38. The Morgan fingerprint density at radius 1 is 0.571 bits per heavy atom. The smallest absolute Gasteiger partial charge is 0.201 e. The lowest BCUT2D eigenvalue weighted by Gasteiger charge is -2.12. The fourth-order valence-electron chi connectivity index (χ4n) is 5.55. The Bertz CT molecular complexity index is 1930. The number of thiophene rings is 1. The molecule has 2 heteroatoms. The number of hydrogen-bond donors (Lipinski definition) is 0. The molecule has 0 unspecified atom stereocenters. The van der Waals surface area contributed by atoms with Crippen LogP contribution in [0.1, 0.15) is 5.56 Å². The second-order valence-electron chi connectivity index (χ2n) is 9.31. The van der Waals surface area contributed by atoms with Crippen molar-refractivity contribution < 1.29 is 4.57 Å². The van der Waals surface area contributed by atoms with E-state index in [0.717, 1.165) is 0 Å². The fourth-order valence-corrected chi connectivity index (χ4v) is 6.99. The van der Waals surface area contributed by atoms with E-state index < -0.39 is 0 Å². The summed E-state index contributed by atoms with van der Waals surface area (Å²) in [6, 6.07) is 37.7. The van der Waals surface area contributed by atoms with E-state index in [1.165, 1.54) is 69.7 Å². The van der Waals surface area contributed by atoms with Crippen LogP contribution in [-0.4, -0.2) is 0 Å². The molecule has 0 bridgehead atoms. The third kappa shape index (κ3) is 3.03. The van der Waals surface area contributed by atoms with E-state index in [1.54, 1.807) is 0 Å². The molecule has 7 aromatic rings. The highest BCUT2D eigenvalue weighted by atomic mass is 32.1. The van der Waals surface area contributed by atoms with Crippen molar-refractivity contribution in [3.05, 3.63) is 115 Å². The first kappa shape index (κ1) is 20.4. The monoisotopic (exact) mass is 466 g/mol. The second-order valence-corrected chi connectivity index (χ2v) is 10.3. The van der Waals surface area contributed by atoms with Gasteiger partial charge >= 0.3 is 0 Å². The molecular formula is C33H24NS+. The largest absolute Gasteiger partial charge is 0.213 e. The molecule has 5 aromatic carbocycles. The van der Waals surface area contributed by atoms with Gasteiger partial charge in [0.15, 0.2) is 6.20 Å². The summed E-state index contributed by atoms with van der Waals surface area (Å²) >= 11 is 1.93. The molecule has 0 fully saturated rings. The Morgan fingerprint density at radius 3 is 2.14 bits per heavy atom. The summed E-state index contributed by atoms with van der Waals surface area (Å²) in [5, 5.41) is 7.88. The van der Waals surface area contributed by atoms with Crippen LogP contribution < -0.4 is 4.57 Å². The van der Waals surface area contributed by atoms with Gasteiger partial charge in [-0.15, -0.1) is 11.3 Å². The molecule has 0 aliphatic carbocycles. The SMILES string of the molecule is Cc1ccc2c(sc3c(-c4cc5ccccc5c5ccccc45)cccc32)c1-c1cccc[n+]1C. The zero-order valence-electron chi connectivity index (χ0n) is 19.7. The van der Waals surface area contributed by atoms with E-state index in [2.05, 4.69) is 128 Å². The number of benzene rings is 5. The lowest BCUT2D eigenvalue weighted by Crippen LogP contribution is -2.30.